The van der Waals surface area contributed by atoms with Gasteiger partial charge in [0.25, 0.3) is 0 Å². The Morgan fingerprint density at radius 2 is 1.50 bits per heavy atom. The molecule has 0 spiro atoms. The standard InChI is InChI=1S/C26H23NO/c1-27(2)21-17-15-19(16-18-21)9-8-14-24-25(20-10-4-3-5-11-20)22-12-6-7-13-23(22)26(24)28/h3-18,25H,1-2H3/b9-8+,24-14+. The second-order valence-electron chi connectivity index (χ2n) is 7.23. The summed E-state index contributed by atoms with van der Waals surface area (Å²) in [6.45, 7) is 0. The zero-order valence-electron chi connectivity index (χ0n) is 16.2. The smallest absolute Gasteiger partial charge is 0.190 e. The molecule has 3 aromatic carbocycles. The van der Waals surface area contributed by atoms with Crippen LogP contribution >= 0.6 is 0 Å². The van der Waals surface area contributed by atoms with Crippen LogP contribution in [0.5, 0.6) is 0 Å². The number of anilines is 1. The van der Waals surface area contributed by atoms with Crippen molar-refractivity contribution in [3.05, 3.63) is 119 Å². The van der Waals surface area contributed by atoms with Crippen LogP contribution in [0.25, 0.3) is 6.08 Å². The first-order valence-electron chi connectivity index (χ1n) is 9.49. The highest BCUT2D eigenvalue weighted by Gasteiger charge is 2.34. The van der Waals surface area contributed by atoms with E-state index in [-0.39, 0.29) is 11.7 Å². The third-order valence-corrected chi connectivity index (χ3v) is 5.20. The van der Waals surface area contributed by atoms with E-state index in [9.17, 15) is 4.79 Å². The number of carbonyl (C=O) groups excluding carboxylic acids is 1. The number of hydrogen-bond donors (Lipinski definition) is 0. The summed E-state index contributed by atoms with van der Waals surface area (Å²) in [6, 6.07) is 26.5. The number of benzene rings is 3. The summed E-state index contributed by atoms with van der Waals surface area (Å²) < 4.78 is 0. The van der Waals surface area contributed by atoms with Crippen LogP contribution in [-0.4, -0.2) is 19.9 Å². The van der Waals surface area contributed by atoms with E-state index in [0.29, 0.717) is 0 Å². The third kappa shape index (κ3) is 3.41. The molecular weight excluding hydrogens is 342 g/mol. The number of carbonyl (C=O) groups is 1. The maximum absolute atomic E-state index is 13.0. The first-order valence-corrected chi connectivity index (χ1v) is 9.49. The zero-order valence-corrected chi connectivity index (χ0v) is 16.2. The molecule has 0 saturated carbocycles. The molecule has 0 aromatic heterocycles. The molecule has 0 bridgehead atoms. The third-order valence-electron chi connectivity index (χ3n) is 5.20. The van der Waals surface area contributed by atoms with E-state index >= 15 is 0 Å². The Labute approximate surface area is 166 Å². The highest BCUT2D eigenvalue weighted by molar-refractivity contribution is 6.15. The average Bonchev–Trinajstić information content (AvgIpc) is 3.01. The molecule has 3 aromatic rings. The minimum Gasteiger partial charge on any atom is -0.378 e. The molecule has 0 aliphatic heterocycles. The molecule has 1 atom stereocenters. The lowest BCUT2D eigenvalue weighted by molar-refractivity contribution is 0.103. The van der Waals surface area contributed by atoms with Gasteiger partial charge in [-0.2, -0.15) is 0 Å². The predicted molar refractivity (Wildman–Crippen MR) is 117 cm³/mol. The van der Waals surface area contributed by atoms with Gasteiger partial charge in [0, 0.05) is 36.8 Å². The predicted octanol–water partition coefficient (Wildman–Crippen LogP) is 5.72. The van der Waals surface area contributed by atoms with Gasteiger partial charge in [-0.1, -0.05) is 85.0 Å². The number of hydrogen-bond acceptors (Lipinski definition) is 2. The molecule has 0 fully saturated rings. The fraction of sp³-hybridized carbons (Fsp3) is 0.115. The van der Waals surface area contributed by atoms with E-state index in [1.807, 2.05) is 68.7 Å². The number of Topliss-reactive ketones (excluding diaryl/α,β-unsaturated/α-hetero) is 1. The summed E-state index contributed by atoms with van der Waals surface area (Å²) in [5.74, 6) is 0.114. The van der Waals surface area contributed by atoms with Crippen molar-refractivity contribution in [2.75, 3.05) is 19.0 Å². The highest BCUT2D eigenvalue weighted by atomic mass is 16.1. The van der Waals surface area contributed by atoms with Crippen LogP contribution in [0.1, 0.15) is 33.0 Å². The van der Waals surface area contributed by atoms with E-state index in [1.54, 1.807) is 0 Å². The van der Waals surface area contributed by atoms with Gasteiger partial charge in [-0.25, -0.2) is 0 Å². The first-order chi connectivity index (χ1) is 13.6. The van der Waals surface area contributed by atoms with Crippen LogP contribution in [0.3, 0.4) is 0 Å². The fourth-order valence-electron chi connectivity index (χ4n) is 3.73. The molecule has 1 unspecified atom stereocenters. The van der Waals surface area contributed by atoms with Gasteiger partial charge in [-0.05, 0) is 28.8 Å². The topological polar surface area (TPSA) is 20.3 Å². The maximum Gasteiger partial charge on any atom is 0.190 e. The Balaban J connectivity index is 1.68. The summed E-state index contributed by atoms with van der Waals surface area (Å²) in [5.41, 5.74) is 6.16. The Morgan fingerprint density at radius 3 is 2.21 bits per heavy atom. The number of rotatable bonds is 4. The summed E-state index contributed by atoms with van der Waals surface area (Å²) >= 11 is 0. The lowest BCUT2D eigenvalue weighted by Crippen LogP contribution is -2.07. The quantitative estimate of drug-likeness (QED) is 0.551. The molecule has 0 radical (unpaired) electrons. The summed E-state index contributed by atoms with van der Waals surface area (Å²) in [7, 11) is 4.06. The van der Waals surface area contributed by atoms with E-state index < -0.39 is 0 Å². The molecule has 0 amide bonds. The molecule has 4 rings (SSSR count). The van der Waals surface area contributed by atoms with Crippen LogP contribution in [-0.2, 0) is 0 Å². The number of fused-ring (bicyclic) bond motifs is 1. The normalized spacial score (nSPS) is 17.3. The molecule has 0 saturated heterocycles. The lowest BCUT2D eigenvalue weighted by Gasteiger charge is -2.13. The van der Waals surface area contributed by atoms with Crippen LogP contribution in [0.4, 0.5) is 5.69 Å². The van der Waals surface area contributed by atoms with Gasteiger partial charge in [0.15, 0.2) is 5.78 Å². The van der Waals surface area contributed by atoms with Gasteiger partial charge in [0.2, 0.25) is 0 Å². The van der Waals surface area contributed by atoms with Crippen LogP contribution in [0.15, 0.2) is 96.6 Å². The molecular formula is C26H23NO. The van der Waals surface area contributed by atoms with Gasteiger partial charge in [0.05, 0.1) is 0 Å². The van der Waals surface area contributed by atoms with Gasteiger partial charge in [-0.3, -0.25) is 4.79 Å². The molecule has 0 N–H and O–H groups in total. The Bertz CT molecular complexity index is 1040. The number of nitrogens with zero attached hydrogens (tertiary/aromatic N) is 1. The first kappa shape index (κ1) is 18.0. The molecule has 1 aliphatic carbocycles. The lowest BCUT2D eigenvalue weighted by atomic mass is 9.89. The zero-order chi connectivity index (χ0) is 19.5. The molecule has 138 valence electrons. The molecule has 0 heterocycles. The fourth-order valence-corrected chi connectivity index (χ4v) is 3.73. The Morgan fingerprint density at radius 1 is 0.821 bits per heavy atom. The van der Waals surface area contributed by atoms with Crippen LogP contribution in [0, 0.1) is 0 Å². The van der Waals surface area contributed by atoms with Crippen molar-refractivity contribution < 1.29 is 4.79 Å². The van der Waals surface area contributed by atoms with Crippen molar-refractivity contribution in [1.82, 2.24) is 0 Å². The van der Waals surface area contributed by atoms with E-state index in [2.05, 4.69) is 47.4 Å². The summed E-state index contributed by atoms with van der Waals surface area (Å²) in [6.07, 6.45) is 6.00. The average molecular weight is 365 g/mol. The van der Waals surface area contributed by atoms with Crippen molar-refractivity contribution in [3.8, 4) is 0 Å². The molecule has 1 aliphatic rings. The van der Waals surface area contributed by atoms with Gasteiger partial charge >= 0.3 is 0 Å². The monoisotopic (exact) mass is 365 g/mol. The molecule has 2 nitrogen and oxygen atoms in total. The SMILES string of the molecule is CN(C)c1ccc(/C=C/C=C2/C(=O)c3ccccc3C2c2ccccc2)cc1. The van der Waals surface area contributed by atoms with Gasteiger partial charge in [-0.15, -0.1) is 0 Å². The summed E-state index contributed by atoms with van der Waals surface area (Å²) in [5, 5.41) is 0. The van der Waals surface area contributed by atoms with Gasteiger partial charge in [0.1, 0.15) is 0 Å². The van der Waals surface area contributed by atoms with Crippen molar-refractivity contribution in [3.63, 3.8) is 0 Å². The minimum atomic E-state index is -0.00864. The minimum absolute atomic E-state index is 0.00864. The molecule has 2 heteroatoms. The highest BCUT2D eigenvalue weighted by Crippen LogP contribution is 2.41. The Kier molecular flexibility index (Phi) is 4.94. The van der Waals surface area contributed by atoms with Crippen LogP contribution < -0.4 is 4.90 Å². The van der Waals surface area contributed by atoms with Gasteiger partial charge < -0.3 is 4.90 Å². The van der Waals surface area contributed by atoms with Crippen molar-refractivity contribution in [2.45, 2.75) is 5.92 Å². The number of ketones is 1. The van der Waals surface area contributed by atoms with Crippen molar-refractivity contribution in [2.24, 2.45) is 0 Å². The molecule has 28 heavy (non-hydrogen) atoms. The van der Waals surface area contributed by atoms with E-state index in [1.165, 1.54) is 5.69 Å². The van der Waals surface area contributed by atoms with Crippen LogP contribution in [0.2, 0.25) is 0 Å². The summed E-state index contributed by atoms with van der Waals surface area (Å²) in [4.78, 5) is 15.1. The largest absolute Gasteiger partial charge is 0.378 e. The number of allylic oxidation sites excluding steroid dienone is 3. The van der Waals surface area contributed by atoms with Crippen molar-refractivity contribution in [1.29, 1.82) is 0 Å². The van der Waals surface area contributed by atoms with E-state index in [4.69, 9.17) is 0 Å². The second kappa shape index (κ2) is 7.69. The second-order valence-corrected chi connectivity index (χ2v) is 7.23. The van der Waals surface area contributed by atoms with Crippen molar-refractivity contribution >= 4 is 17.5 Å². The maximum atomic E-state index is 13.0. The van der Waals surface area contributed by atoms with E-state index in [0.717, 1.165) is 27.8 Å². The Hall–Kier alpha value is -3.39.